The normalized spacial score (nSPS) is 14.0. The highest BCUT2D eigenvalue weighted by Crippen LogP contribution is 2.26. The Labute approximate surface area is 170 Å². The molecule has 148 valence electrons. The molecule has 2 N–H and O–H groups in total. The van der Waals surface area contributed by atoms with Crippen LogP contribution in [-0.4, -0.2) is 47.8 Å². The van der Waals surface area contributed by atoms with Crippen LogP contribution in [0.15, 0.2) is 42.6 Å². The summed E-state index contributed by atoms with van der Waals surface area (Å²) in [7, 11) is 3.32. The third kappa shape index (κ3) is 6.10. The highest BCUT2D eigenvalue weighted by Gasteiger charge is 2.33. The average molecular weight is 400 g/mol. The molecule has 0 spiro atoms. The molecule has 6 nitrogen and oxygen atoms in total. The summed E-state index contributed by atoms with van der Waals surface area (Å²) in [6.45, 7) is 2.19. The summed E-state index contributed by atoms with van der Waals surface area (Å²) in [6, 6.07) is 11.3. The van der Waals surface area contributed by atoms with Crippen molar-refractivity contribution < 1.29 is 19.4 Å². The van der Waals surface area contributed by atoms with E-state index in [1.165, 1.54) is 0 Å². The number of hydrogen-bond donors (Lipinski definition) is 2. The highest BCUT2D eigenvalue weighted by atomic mass is 32.2. The highest BCUT2D eigenvalue weighted by molar-refractivity contribution is 8.14. The minimum absolute atomic E-state index is 0.181. The van der Waals surface area contributed by atoms with Crippen molar-refractivity contribution in [2.45, 2.75) is 30.5 Å². The van der Waals surface area contributed by atoms with E-state index in [-0.39, 0.29) is 5.91 Å². The van der Waals surface area contributed by atoms with E-state index in [0.717, 1.165) is 34.3 Å². The van der Waals surface area contributed by atoms with Gasteiger partial charge in [0.15, 0.2) is 5.62 Å². The number of aliphatic hydroxyl groups is 1. The van der Waals surface area contributed by atoms with Crippen molar-refractivity contribution in [3.05, 3.63) is 59.4 Å². The van der Waals surface area contributed by atoms with E-state index in [0.29, 0.717) is 25.1 Å². The minimum atomic E-state index is -0.844. The molecular formula is C20H25BN2O4S. The van der Waals surface area contributed by atoms with Gasteiger partial charge in [-0.25, -0.2) is 0 Å². The second-order valence-electron chi connectivity index (χ2n) is 6.70. The topological polar surface area (TPSA) is 88.5 Å². The first kappa shape index (κ1) is 22.0. The van der Waals surface area contributed by atoms with E-state index in [2.05, 4.69) is 10.3 Å². The summed E-state index contributed by atoms with van der Waals surface area (Å²) in [5.41, 5.74) is 3.34. The fourth-order valence-corrected chi connectivity index (χ4v) is 3.41. The minimum Gasteiger partial charge on any atom is -0.493 e. The van der Waals surface area contributed by atoms with E-state index >= 15 is 0 Å². The summed E-state index contributed by atoms with van der Waals surface area (Å²) in [6.07, 6.45) is 2.25. The van der Waals surface area contributed by atoms with E-state index < -0.39 is 10.8 Å². The molecule has 0 bridgehead atoms. The molecule has 2 atom stereocenters. The fourth-order valence-electron chi connectivity index (χ4n) is 2.74. The summed E-state index contributed by atoms with van der Waals surface area (Å²) < 4.78 is 4.91. The van der Waals surface area contributed by atoms with E-state index in [1.54, 1.807) is 28.0 Å². The summed E-state index contributed by atoms with van der Waals surface area (Å²) in [5, 5.41) is 12.1. The Morgan fingerprint density at radius 3 is 2.61 bits per heavy atom. The largest absolute Gasteiger partial charge is 0.493 e. The Bertz CT molecular complexity index is 784. The van der Waals surface area contributed by atoms with Crippen LogP contribution in [0.3, 0.4) is 0 Å². The molecule has 0 aliphatic rings. The van der Waals surface area contributed by atoms with Crippen molar-refractivity contribution in [3.8, 4) is 5.75 Å². The van der Waals surface area contributed by atoms with Gasteiger partial charge in [0.1, 0.15) is 13.6 Å². The first-order valence-corrected chi connectivity index (χ1v) is 9.94. The predicted molar refractivity (Wildman–Crippen MR) is 114 cm³/mol. The zero-order valence-corrected chi connectivity index (χ0v) is 17.2. The van der Waals surface area contributed by atoms with Crippen LogP contribution in [0.5, 0.6) is 5.75 Å². The van der Waals surface area contributed by atoms with Crippen molar-refractivity contribution in [1.82, 2.24) is 10.3 Å². The average Bonchev–Trinajstić information content (AvgIpc) is 2.69. The Hall–Kier alpha value is -2.32. The molecule has 28 heavy (non-hydrogen) atoms. The van der Waals surface area contributed by atoms with Crippen molar-refractivity contribution in [1.29, 1.82) is 0 Å². The second-order valence-corrected chi connectivity index (χ2v) is 8.03. The van der Waals surface area contributed by atoms with Crippen LogP contribution in [0.1, 0.15) is 29.8 Å². The molecule has 0 fully saturated rings. The molecule has 1 amide bonds. The molecule has 0 saturated heterocycles. The van der Waals surface area contributed by atoms with Gasteiger partial charge in [-0.05, 0) is 42.7 Å². The van der Waals surface area contributed by atoms with Gasteiger partial charge >= 0.3 is 0 Å². The Morgan fingerprint density at radius 1 is 1.36 bits per heavy atom. The molecule has 0 radical (unpaired) electrons. The molecule has 8 heteroatoms. The van der Waals surface area contributed by atoms with Gasteiger partial charge in [-0.1, -0.05) is 30.0 Å². The zero-order valence-electron chi connectivity index (χ0n) is 16.3. The predicted octanol–water partition coefficient (Wildman–Crippen LogP) is 1.30. The summed E-state index contributed by atoms with van der Waals surface area (Å²) in [4.78, 5) is 27.3. The van der Waals surface area contributed by atoms with Gasteiger partial charge in [0.25, 0.3) is 0 Å². The van der Waals surface area contributed by atoms with Crippen LogP contribution in [0.2, 0.25) is 0 Å². The molecule has 1 heterocycles. The summed E-state index contributed by atoms with van der Waals surface area (Å²) >= 11 is 0.978. The lowest BCUT2D eigenvalue weighted by Crippen LogP contribution is -2.45. The maximum Gasteiger partial charge on any atom is 0.228 e. The number of ether oxygens (including phenoxy) is 1. The monoisotopic (exact) mass is 400 g/mol. The van der Waals surface area contributed by atoms with E-state index in [4.69, 9.17) is 4.74 Å². The molecular weight excluding hydrogens is 375 g/mol. The van der Waals surface area contributed by atoms with Gasteiger partial charge in [0, 0.05) is 25.4 Å². The maximum absolute atomic E-state index is 12.1. The number of hydrogen-bond acceptors (Lipinski definition) is 6. The number of aromatic nitrogens is 1. The van der Waals surface area contributed by atoms with Crippen LogP contribution in [0.4, 0.5) is 0 Å². The first-order chi connectivity index (χ1) is 13.4. The lowest BCUT2D eigenvalue weighted by Gasteiger charge is -2.24. The van der Waals surface area contributed by atoms with Crippen LogP contribution in [-0.2, 0) is 22.4 Å². The third-order valence-corrected chi connectivity index (χ3v) is 5.38. The second kappa shape index (κ2) is 10.3. The maximum atomic E-state index is 12.1. The Morgan fingerprint density at radius 2 is 2.07 bits per heavy atom. The molecule has 1 aromatic carbocycles. The molecule has 2 unspecified atom stereocenters. The number of aliphatic hydroxyl groups excluding tert-OH is 1. The number of nitrogens with one attached hydrogen (secondary N) is 1. The standard InChI is InChI=1S/C20H25BN2O4S/c1-14(25)16-5-6-17(23-12-16)9-10-27-18-7-3-15(4-8-18)11-20(21,28-13-24)19(26)22-2/h3-8,12-14,25H,9-11,21H2,1-2H3,(H,22,26). The lowest BCUT2D eigenvalue weighted by atomic mass is 9.80. The Kier molecular flexibility index (Phi) is 8.08. The van der Waals surface area contributed by atoms with Gasteiger partial charge in [0.2, 0.25) is 5.91 Å². The van der Waals surface area contributed by atoms with Crippen LogP contribution in [0, 0.1) is 0 Å². The Balaban J connectivity index is 1.89. The van der Waals surface area contributed by atoms with Gasteiger partial charge in [-0.3, -0.25) is 14.6 Å². The van der Waals surface area contributed by atoms with Crippen molar-refractivity contribution in [3.63, 3.8) is 0 Å². The number of rotatable bonds is 10. The summed E-state index contributed by atoms with van der Waals surface area (Å²) in [5.74, 6) is 0.549. The smallest absolute Gasteiger partial charge is 0.228 e. The number of thioether (sulfide) groups is 1. The molecule has 2 rings (SSSR count). The van der Waals surface area contributed by atoms with Gasteiger partial charge in [0.05, 0.1) is 17.4 Å². The van der Waals surface area contributed by atoms with Gasteiger partial charge in [-0.2, -0.15) is 0 Å². The first-order valence-electron chi connectivity index (χ1n) is 9.06. The molecule has 0 aliphatic carbocycles. The SMILES string of the molecule is BC(Cc1ccc(OCCc2ccc(C(C)O)cn2)cc1)(SC=O)C(=O)NC. The number of pyridine rings is 1. The van der Waals surface area contributed by atoms with E-state index in [9.17, 15) is 14.7 Å². The van der Waals surface area contributed by atoms with Crippen LogP contribution < -0.4 is 10.1 Å². The van der Waals surface area contributed by atoms with Crippen LogP contribution >= 0.6 is 11.8 Å². The van der Waals surface area contributed by atoms with Crippen LogP contribution in [0.25, 0.3) is 0 Å². The lowest BCUT2D eigenvalue weighted by molar-refractivity contribution is -0.121. The van der Waals surface area contributed by atoms with E-state index in [1.807, 2.05) is 36.4 Å². The number of benzene rings is 1. The van der Waals surface area contributed by atoms with Crippen molar-refractivity contribution >= 4 is 31.1 Å². The van der Waals surface area contributed by atoms with Gasteiger partial charge in [-0.15, -0.1) is 0 Å². The number of nitrogens with zero attached hydrogens (tertiary/aromatic N) is 1. The fraction of sp³-hybridized carbons (Fsp3) is 0.350. The molecule has 2 aromatic rings. The number of carbonyl (C=O) groups excluding carboxylic acids is 2. The molecule has 1 aromatic heterocycles. The number of carbonyl (C=O) groups is 2. The number of amides is 1. The zero-order chi connectivity index (χ0) is 20.6. The third-order valence-electron chi connectivity index (χ3n) is 4.44. The van der Waals surface area contributed by atoms with Crippen molar-refractivity contribution in [2.75, 3.05) is 13.7 Å². The van der Waals surface area contributed by atoms with Gasteiger partial charge < -0.3 is 15.2 Å². The molecule has 0 saturated carbocycles. The quantitative estimate of drug-likeness (QED) is 0.462. The molecule has 0 aliphatic heterocycles. The van der Waals surface area contributed by atoms with Crippen molar-refractivity contribution in [2.24, 2.45) is 0 Å².